The molecular weight excluding hydrogens is 246 g/mol. The van der Waals surface area contributed by atoms with E-state index >= 15 is 0 Å². The number of hydrogen-bond donors (Lipinski definition) is 1. The van der Waals surface area contributed by atoms with Crippen LogP contribution in [0.4, 0.5) is 0 Å². The van der Waals surface area contributed by atoms with Crippen LogP contribution in [0.2, 0.25) is 0 Å². The molecule has 0 saturated carbocycles. The molecule has 0 radical (unpaired) electrons. The summed E-state index contributed by atoms with van der Waals surface area (Å²) >= 11 is 1.64. The predicted octanol–water partition coefficient (Wildman–Crippen LogP) is 2.62. The van der Waals surface area contributed by atoms with Crippen LogP contribution in [0.15, 0.2) is 28.4 Å². The van der Waals surface area contributed by atoms with E-state index in [4.69, 9.17) is 0 Å². The summed E-state index contributed by atoms with van der Waals surface area (Å²) in [5.74, 6) is 0. The van der Waals surface area contributed by atoms with Crippen molar-refractivity contribution in [3.8, 4) is 10.6 Å². The molecule has 0 aliphatic carbocycles. The van der Waals surface area contributed by atoms with Crippen LogP contribution in [0.3, 0.4) is 0 Å². The maximum Gasteiger partial charge on any atom is 0.275 e. The van der Waals surface area contributed by atoms with Crippen LogP contribution < -0.4 is 5.56 Å². The van der Waals surface area contributed by atoms with Crippen molar-refractivity contribution in [1.82, 2.24) is 14.6 Å². The molecule has 0 amide bonds. The average molecular weight is 259 g/mol. The number of hydrogen-bond acceptors (Lipinski definition) is 3. The monoisotopic (exact) mass is 259 g/mol. The third kappa shape index (κ3) is 1.59. The van der Waals surface area contributed by atoms with Gasteiger partial charge in [-0.15, -0.1) is 11.3 Å². The van der Waals surface area contributed by atoms with Gasteiger partial charge in [-0.3, -0.25) is 9.89 Å². The van der Waals surface area contributed by atoms with E-state index < -0.39 is 0 Å². The van der Waals surface area contributed by atoms with Crippen molar-refractivity contribution in [3.63, 3.8) is 0 Å². The second-order valence-electron chi connectivity index (χ2n) is 4.18. The summed E-state index contributed by atoms with van der Waals surface area (Å²) < 4.78 is 1.52. The summed E-state index contributed by atoms with van der Waals surface area (Å²) in [6, 6.07) is 5.93. The standard InChI is InChI=1S/C13H13N3OS/c1-3-9-8(2)13(17)16-12(14-9)7-10(15-16)11-5-4-6-18-11/h4-7,15H,3H2,1-2H3. The molecule has 5 heteroatoms. The minimum atomic E-state index is -0.0142. The molecule has 0 fully saturated rings. The molecule has 1 N–H and O–H groups in total. The van der Waals surface area contributed by atoms with Gasteiger partial charge in [0, 0.05) is 11.6 Å². The highest BCUT2D eigenvalue weighted by atomic mass is 32.1. The lowest BCUT2D eigenvalue weighted by Gasteiger charge is -2.01. The highest BCUT2D eigenvalue weighted by Gasteiger charge is 2.11. The Morgan fingerprint density at radius 1 is 1.50 bits per heavy atom. The van der Waals surface area contributed by atoms with Gasteiger partial charge in [-0.1, -0.05) is 13.0 Å². The molecule has 4 nitrogen and oxygen atoms in total. The summed E-state index contributed by atoms with van der Waals surface area (Å²) in [4.78, 5) is 17.8. The lowest BCUT2D eigenvalue weighted by molar-refractivity contribution is 0.860. The molecule has 0 bridgehead atoms. The van der Waals surface area contributed by atoms with Crippen molar-refractivity contribution in [1.29, 1.82) is 0 Å². The molecule has 0 aromatic carbocycles. The van der Waals surface area contributed by atoms with Crippen molar-refractivity contribution in [3.05, 3.63) is 45.2 Å². The largest absolute Gasteiger partial charge is 0.288 e. The van der Waals surface area contributed by atoms with Crippen molar-refractivity contribution in [2.45, 2.75) is 20.3 Å². The Hall–Kier alpha value is -1.88. The Bertz CT molecular complexity index is 752. The Morgan fingerprint density at radius 3 is 3.00 bits per heavy atom. The Balaban J connectivity index is 2.30. The van der Waals surface area contributed by atoms with Gasteiger partial charge >= 0.3 is 0 Å². The first-order valence-corrected chi connectivity index (χ1v) is 6.73. The minimum Gasteiger partial charge on any atom is -0.288 e. The second kappa shape index (κ2) is 4.10. The van der Waals surface area contributed by atoms with E-state index in [-0.39, 0.29) is 5.56 Å². The van der Waals surface area contributed by atoms with Gasteiger partial charge < -0.3 is 0 Å². The number of nitrogens with zero attached hydrogens (tertiary/aromatic N) is 2. The fourth-order valence-corrected chi connectivity index (χ4v) is 2.75. The predicted molar refractivity (Wildman–Crippen MR) is 73.2 cm³/mol. The van der Waals surface area contributed by atoms with Crippen LogP contribution in [0, 0.1) is 6.92 Å². The number of thiophene rings is 1. The molecule has 18 heavy (non-hydrogen) atoms. The van der Waals surface area contributed by atoms with Crippen molar-refractivity contribution < 1.29 is 0 Å². The first kappa shape index (κ1) is 11.2. The molecule has 92 valence electrons. The van der Waals surface area contributed by atoms with Gasteiger partial charge in [0.1, 0.15) is 0 Å². The summed E-state index contributed by atoms with van der Waals surface area (Å²) in [5.41, 5.74) is 3.19. The SMILES string of the molecule is CCc1nc2cc(-c3cccs3)[nH]n2c(=O)c1C. The molecule has 3 rings (SSSR count). The van der Waals surface area contributed by atoms with Gasteiger partial charge in [-0.25, -0.2) is 9.50 Å². The Morgan fingerprint density at radius 2 is 2.33 bits per heavy atom. The van der Waals surface area contributed by atoms with E-state index in [0.29, 0.717) is 5.65 Å². The zero-order chi connectivity index (χ0) is 12.7. The molecule has 0 atom stereocenters. The van der Waals surface area contributed by atoms with Crippen molar-refractivity contribution in [2.24, 2.45) is 0 Å². The molecule has 3 aromatic rings. The molecule has 0 aliphatic rings. The highest BCUT2D eigenvalue weighted by Crippen LogP contribution is 2.23. The topological polar surface area (TPSA) is 50.2 Å². The fourth-order valence-electron chi connectivity index (χ4n) is 2.06. The summed E-state index contributed by atoms with van der Waals surface area (Å²) in [5, 5.41) is 5.12. The smallest absolute Gasteiger partial charge is 0.275 e. The van der Waals surface area contributed by atoms with Gasteiger partial charge in [0.25, 0.3) is 5.56 Å². The van der Waals surface area contributed by atoms with E-state index in [9.17, 15) is 4.79 Å². The molecule has 3 aromatic heterocycles. The van der Waals surface area contributed by atoms with Crippen LogP contribution in [0.1, 0.15) is 18.2 Å². The number of fused-ring (bicyclic) bond motifs is 1. The van der Waals surface area contributed by atoms with Gasteiger partial charge in [0.15, 0.2) is 5.65 Å². The van der Waals surface area contributed by atoms with Crippen LogP contribution in [0.25, 0.3) is 16.2 Å². The third-order valence-corrected chi connectivity index (χ3v) is 3.97. The van der Waals surface area contributed by atoms with Gasteiger partial charge in [0.05, 0.1) is 16.3 Å². The minimum absolute atomic E-state index is 0.0142. The maximum absolute atomic E-state index is 12.2. The molecule has 0 saturated heterocycles. The van der Waals surface area contributed by atoms with Gasteiger partial charge in [-0.2, -0.15) is 0 Å². The van der Waals surface area contributed by atoms with Crippen LogP contribution >= 0.6 is 11.3 Å². The number of nitrogens with one attached hydrogen (secondary N) is 1. The van der Waals surface area contributed by atoms with Gasteiger partial charge in [-0.05, 0) is 24.8 Å². The molecule has 3 heterocycles. The van der Waals surface area contributed by atoms with E-state index in [0.717, 1.165) is 28.2 Å². The van der Waals surface area contributed by atoms with E-state index in [2.05, 4.69) is 10.1 Å². The normalized spacial score (nSPS) is 11.2. The molecular formula is C13H13N3OS. The van der Waals surface area contributed by atoms with Crippen molar-refractivity contribution >= 4 is 17.0 Å². The fraction of sp³-hybridized carbons (Fsp3) is 0.231. The quantitative estimate of drug-likeness (QED) is 0.769. The zero-order valence-electron chi connectivity index (χ0n) is 10.2. The number of aromatic amines is 1. The van der Waals surface area contributed by atoms with Crippen LogP contribution in [-0.4, -0.2) is 14.6 Å². The maximum atomic E-state index is 12.2. The first-order chi connectivity index (χ1) is 8.70. The number of aromatic nitrogens is 3. The number of aryl methyl sites for hydroxylation is 1. The average Bonchev–Trinajstić information content (AvgIpc) is 3.01. The Labute approximate surface area is 108 Å². The van der Waals surface area contributed by atoms with Crippen molar-refractivity contribution in [2.75, 3.05) is 0 Å². The first-order valence-electron chi connectivity index (χ1n) is 5.86. The summed E-state index contributed by atoms with van der Waals surface area (Å²) in [7, 11) is 0. The van der Waals surface area contributed by atoms with E-state index in [1.165, 1.54) is 4.52 Å². The molecule has 0 aliphatic heterocycles. The second-order valence-corrected chi connectivity index (χ2v) is 5.13. The lowest BCUT2D eigenvalue weighted by Crippen LogP contribution is -2.20. The van der Waals surface area contributed by atoms with E-state index in [1.807, 2.05) is 37.4 Å². The summed E-state index contributed by atoms with van der Waals surface area (Å²) in [6.45, 7) is 3.84. The van der Waals surface area contributed by atoms with E-state index in [1.54, 1.807) is 11.3 Å². The number of rotatable bonds is 2. The van der Waals surface area contributed by atoms with Crippen LogP contribution in [0.5, 0.6) is 0 Å². The molecule has 0 spiro atoms. The van der Waals surface area contributed by atoms with Gasteiger partial charge in [0.2, 0.25) is 0 Å². The number of H-pyrrole nitrogens is 1. The molecule has 0 unspecified atom stereocenters. The zero-order valence-corrected chi connectivity index (χ0v) is 11.0. The van der Waals surface area contributed by atoms with Crippen LogP contribution in [-0.2, 0) is 6.42 Å². The third-order valence-electron chi connectivity index (χ3n) is 3.06. The summed E-state index contributed by atoms with van der Waals surface area (Å²) in [6.07, 6.45) is 0.775. The lowest BCUT2D eigenvalue weighted by atomic mass is 10.2. The highest BCUT2D eigenvalue weighted by molar-refractivity contribution is 7.13. The Kier molecular flexibility index (Phi) is 2.56.